The quantitative estimate of drug-likeness (QED) is 0.596. The van der Waals surface area contributed by atoms with Crippen LogP contribution in [0.25, 0.3) is 16.6 Å². The summed E-state index contributed by atoms with van der Waals surface area (Å²) in [4.78, 5) is 16.9. The van der Waals surface area contributed by atoms with Crippen molar-refractivity contribution >= 4 is 28.5 Å². The van der Waals surface area contributed by atoms with Crippen LogP contribution < -0.4 is 5.32 Å². The van der Waals surface area contributed by atoms with Crippen LogP contribution in [0, 0.1) is 0 Å². The Balaban J connectivity index is 1.70. The highest BCUT2D eigenvalue weighted by Crippen LogP contribution is 2.25. The van der Waals surface area contributed by atoms with E-state index in [1.165, 1.54) is 0 Å². The van der Waals surface area contributed by atoms with E-state index in [0.717, 1.165) is 48.3 Å². The molecule has 0 saturated carbocycles. The van der Waals surface area contributed by atoms with Crippen LogP contribution in [0.2, 0.25) is 5.02 Å². The Kier molecular flexibility index (Phi) is 6.08. The molecule has 0 aliphatic carbocycles. The van der Waals surface area contributed by atoms with E-state index in [2.05, 4.69) is 15.4 Å². The summed E-state index contributed by atoms with van der Waals surface area (Å²) >= 11 is 6.11. The van der Waals surface area contributed by atoms with Crippen molar-refractivity contribution in [1.29, 1.82) is 0 Å². The molecule has 7 nitrogen and oxygen atoms in total. The van der Waals surface area contributed by atoms with Gasteiger partial charge < -0.3 is 14.8 Å². The van der Waals surface area contributed by atoms with E-state index in [-0.39, 0.29) is 12.1 Å². The molecule has 0 amide bonds. The molecule has 4 rings (SSSR count). The van der Waals surface area contributed by atoms with Crippen molar-refractivity contribution in [1.82, 2.24) is 20.1 Å². The number of nitrogens with zero attached hydrogens (tertiary/aromatic N) is 3. The summed E-state index contributed by atoms with van der Waals surface area (Å²) in [5.41, 5.74) is 2.78. The number of rotatable bonds is 7. The molecule has 0 spiro atoms. The number of halogens is 1. The van der Waals surface area contributed by atoms with Gasteiger partial charge in [-0.1, -0.05) is 11.6 Å². The first-order valence-electron chi connectivity index (χ1n) is 9.78. The number of nitrogens with one attached hydrogen (secondary N) is 1. The number of ether oxygens (including phenoxy) is 2. The molecule has 152 valence electrons. The van der Waals surface area contributed by atoms with E-state index in [4.69, 9.17) is 21.1 Å². The Morgan fingerprint density at radius 1 is 1.41 bits per heavy atom. The summed E-state index contributed by atoms with van der Waals surface area (Å²) in [5.74, 6) is -0.380. The SMILES string of the molecule is CCOC(=O)c1cnn(-c2ccnc3cc(Cl)ccc23)c1CNCC1CCCO1. The maximum Gasteiger partial charge on any atom is 0.341 e. The van der Waals surface area contributed by atoms with E-state index < -0.39 is 0 Å². The fraction of sp³-hybridized carbons (Fsp3) is 0.381. The minimum absolute atomic E-state index is 0.210. The summed E-state index contributed by atoms with van der Waals surface area (Å²) in [6.07, 6.45) is 5.62. The van der Waals surface area contributed by atoms with Gasteiger partial charge in [0.1, 0.15) is 5.56 Å². The molecule has 1 aliphatic rings. The molecule has 1 saturated heterocycles. The average Bonchev–Trinajstić information content (AvgIpc) is 3.37. The summed E-state index contributed by atoms with van der Waals surface area (Å²) in [6.45, 7) is 4.09. The van der Waals surface area contributed by atoms with Crippen LogP contribution in [0.1, 0.15) is 35.8 Å². The Morgan fingerprint density at radius 3 is 3.10 bits per heavy atom. The van der Waals surface area contributed by atoms with Gasteiger partial charge in [-0.3, -0.25) is 4.98 Å². The highest BCUT2D eigenvalue weighted by Gasteiger charge is 2.21. The van der Waals surface area contributed by atoms with Crippen LogP contribution in [0.4, 0.5) is 0 Å². The smallest absolute Gasteiger partial charge is 0.341 e. The lowest BCUT2D eigenvalue weighted by Crippen LogP contribution is -2.27. The number of aromatic nitrogens is 3. The van der Waals surface area contributed by atoms with E-state index >= 15 is 0 Å². The van der Waals surface area contributed by atoms with Gasteiger partial charge in [-0.2, -0.15) is 5.10 Å². The molecule has 1 N–H and O–H groups in total. The maximum absolute atomic E-state index is 12.5. The molecule has 3 heterocycles. The summed E-state index contributed by atoms with van der Waals surface area (Å²) in [6, 6.07) is 7.42. The minimum Gasteiger partial charge on any atom is -0.462 e. The second-order valence-corrected chi connectivity index (χ2v) is 7.33. The molecule has 0 bridgehead atoms. The van der Waals surface area contributed by atoms with Crippen molar-refractivity contribution < 1.29 is 14.3 Å². The van der Waals surface area contributed by atoms with Gasteiger partial charge in [0.15, 0.2) is 0 Å². The van der Waals surface area contributed by atoms with E-state index in [1.807, 2.05) is 24.3 Å². The van der Waals surface area contributed by atoms with E-state index in [0.29, 0.717) is 23.7 Å². The largest absolute Gasteiger partial charge is 0.462 e. The number of carbonyl (C=O) groups excluding carboxylic acids is 1. The van der Waals surface area contributed by atoms with Crippen LogP contribution in [0.3, 0.4) is 0 Å². The first-order chi connectivity index (χ1) is 14.2. The zero-order valence-electron chi connectivity index (χ0n) is 16.2. The second-order valence-electron chi connectivity index (χ2n) is 6.89. The Morgan fingerprint density at radius 2 is 2.31 bits per heavy atom. The lowest BCUT2D eigenvalue weighted by atomic mass is 10.1. The standard InChI is InChI=1S/C21H23ClN4O3/c1-2-28-21(27)17-12-25-26(20(17)13-23-11-15-4-3-9-29-15)19-7-8-24-18-10-14(22)5-6-16(18)19/h5-8,10,12,15,23H,2-4,9,11,13H2,1H3. The summed E-state index contributed by atoms with van der Waals surface area (Å²) in [5, 5.41) is 9.42. The van der Waals surface area contributed by atoms with Crippen molar-refractivity contribution in [3.05, 3.63) is 52.9 Å². The van der Waals surface area contributed by atoms with Crippen LogP contribution in [0.5, 0.6) is 0 Å². The predicted molar refractivity (Wildman–Crippen MR) is 111 cm³/mol. The van der Waals surface area contributed by atoms with Crippen LogP contribution >= 0.6 is 11.6 Å². The maximum atomic E-state index is 12.5. The second kappa shape index (κ2) is 8.90. The number of hydrogen-bond acceptors (Lipinski definition) is 6. The van der Waals surface area contributed by atoms with Crippen LogP contribution in [-0.4, -0.2) is 46.6 Å². The third-order valence-corrected chi connectivity index (χ3v) is 5.20. The van der Waals surface area contributed by atoms with Gasteiger partial charge >= 0.3 is 5.97 Å². The highest BCUT2D eigenvalue weighted by atomic mass is 35.5. The zero-order chi connectivity index (χ0) is 20.2. The molecule has 29 heavy (non-hydrogen) atoms. The van der Waals surface area contributed by atoms with Gasteiger partial charge in [0.05, 0.1) is 35.8 Å². The molecule has 1 unspecified atom stereocenters. The third-order valence-electron chi connectivity index (χ3n) is 4.96. The fourth-order valence-electron chi connectivity index (χ4n) is 3.58. The summed E-state index contributed by atoms with van der Waals surface area (Å²) in [7, 11) is 0. The van der Waals surface area contributed by atoms with Crippen LogP contribution in [-0.2, 0) is 16.0 Å². The first kappa shape index (κ1) is 19.8. The van der Waals surface area contributed by atoms with Gasteiger partial charge in [0.2, 0.25) is 0 Å². The lowest BCUT2D eigenvalue weighted by molar-refractivity contribution is 0.0525. The highest BCUT2D eigenvalue weighted by molar-refractivity contribution is 6.31. The van der Waals surface area contributed by atoms with Gasteiger partial charge in [0.25, 0.3) is 0 Å². The van der Waals surface area contributed by atoms with Gasteiger partial charge in [-0.05, 0) is 44.0 Å². The molecule has 1 fully saturated rings. The third kappa shape index (κ3) is 4.27. The first-order valence-corrected chi connectivity index (χ1v) is 10.2. The van der Waals surface area contributed by atoms with E-state index in [9.17, 15) is 4.79 Å². The van der Waals surface area contributed by atoms with Gasteiger partial charge in [-0.25, -0.2) is 9.48 Å². The number of pyridine rings is 1. The molecular formula is C21H23ClN4O3. The monoisotopic (exact) mass is 414 g/mol. The Bertz CT molecular complexity index is 1010. The molecule has 1 aliphatic heterocycles. The van der Waals surface area contributed by atoms with Crippen LogP contribution in [0.15, 0.2) is 36.7 Å². The number of hydrogen-bond donors (Lipinski definition) is 1. The zero-order valence-corrected chi connectivity index (χ0v) is 17.0. The van der Waals surface area contributed by atoms with E-state index in [1.54, 1.807) is 24.0 Å². The topological polar surface area (TPSA) is 78.3 Å². The Labute approximate surface area is 174 Å². The summed E-state index contributed by atoms with van der Waals surface area (Å²) < 4.78 is 12.7. The minimum atomic E-state index is -0.380. The van der Waals surface area contributed by atoms with Crippen molar-refractivity contribution in [2.24, 2.45) is 0 Å². The van der Waals surface area contributed by atoms with Gasteiger partial charge in [0, 0.05) is 36.3 Å². The molecule has 3 aromatic rings. The van der Waals surface area contributed by atoms with Gasteiger partial charge in [-0.15, -0.1) is 0 Å². The lowest BCUT2D eigenvalue weighted by Gasteiger charge is -2.14. The number of carbonyl (C=O) groups is 1. The van der Waals surface area contributed by atoms with Crippen molar-refractivity contribution in [3.63, 3.8) is 0 Å². The molecule has 1 atom stereocenters. The van der Waals surface area contributed by atoms with Crippen molar-refractivity contribution in [3.8, 4) is 5.69 Å². The Hall–Kier alpha value is -2.48. The normalized spacial score (nSPS) is 16.4. The predicted octanol–water partition coefficient (Wildman–Crippen LogP) is 3.52. The number of benzene rings is 1. The fourth-order valence-corrected chi connectivity index (χ4v) is 3.74. The number of fused-ring (bicyclic) bond motifs is 1. The molecule has 8 heteroatoms. The molecule has 2 aromatic heterocycles. The molecular weight excluding hydrogens is 392 g/mol. The molecule has 0 radical (unpaired) electrons. The van der Waals surface area contributed by atoms with Crippen molar-refractivity contribution in [2.45, 2.75) is 32.4 Å². The van der Waals surface area contributed by atoms with Crippen molar-refractivity contribution in [2.75, 3.05) is 19.8 Å². The average molecular weight is 415 g/mol. The molecule has 1 aromatic carbocycles. The number of esters is 1.